The first-order valence-corrected chi connectivity index (χ1v) is 8.07. The summed E-state index contributed by atoms with van der Waals surface area (Å²) in [6.45, 7) is 1.93. The minimum absolute atomic E-state index is 0.0261. The number of amides is 1. The Morgan fingerprint density at radius 2 is 2.00 bits per heavy atom. The van der Waals surface area contributed by atoms with Crippen LogP contribution in [0.2, 0.25) is 5.02 Å². The summed E-state index contributed by atoms with van der Waals surface area (Å²) >= 11 is 11.3. The van der Waals surface area contributed by atoms with Crippen LogP contribution in [0.4, 0.5) is 0 Å². The Kier molecular flexibility index (Phi) is 4.10. The number of rotatable bonds is 3. The number of nitrogens with zero attached hydrogens (tertiary/aromatic N) is 1. The fourth-order valence-corrected chi connectivity index (χ4v) is 2.91. The molecule has 3 rings (SSSR count). The summed E-state index contributed by atoms with van der Waals surface area (Å²) in [5.74, 6) is -0.0261. The van der Waals surface area contributed by atoms with Gasteiger partial charge in [-0.3, -0.25) is 4.79 Å². The zero-order valence-corrected chi connectivity index (χ0v) is 14.1. The third kappa shape index (κ3) is 2.96. The first kappa shape index (κ1) is 15.3. The van der Waals surface area contributed by atoms with Gasteiger partial charge in [0, 0.05) is 23.8 Å². The zero-order valence-electron chi connectivity index (χ0n) is 12.5. The van der Waals surface area contributed by atoms with Crippen molar-refractivity contribution in [1.29, 1.82) is 0 Å². The molecule has 0 aromatic heterocycles. The van der Waals surface area contributed by atoms with Gasteiger partial charge in [-0.2, -0.15) is 0 Å². The lowest BCUT2D eigenvalue weighted by Crippen LogP contribution is -2.47. The van der Waals surface area contributed by atoms with Crippen molar-refractivity contribution < 1.29 is 4.79 Å². The van der Waals surface area contributed by atoms with Crippen molar-refractivity contribution in [3.05, 3.63) is 46.1 Å². The minimum atomic E-state index is -0.250. The fraction of sp³-hybridized carbons (Fsp3) is 0.375. The summed E-state index contributed by atoms with van der Waals surface area (Å²) in [7, 11) is 1.87. The highest BCUT2D eigenvalue weighted by Crippen LogP contribution is 2.31. The molecule has 1 heterocycles. The molecule has 1 aliphatic carbocycles. The van der Waals surface area contributed by atoms with Gasteiger partial charge < -0.3 is 15.5 Å². The van der Waals surface area contributed by atoms with Gasteiger partial charge in [0.2, 0.25) is 0 Å². The van der Waals surface area contributed by atoms with Crippen LogP contribution in [0.15, 0.2) is 35.5 Å². The second-order valence-electron chi connectivity index (χ2n) is 5.74. The predicted molar refractivity (Wildman–Crippen MR) is 91.6 cm³/mol. The van der Waals surface area contributed by atoms with E-state index in [1.54, 1.807) is 0 Å². The number of hydrogen-bond acceptors (Lipinski definition) is 2. The SMILES string of the molecule is CC1=C(C(=O)NC2CC2)[C@H](c2ccc(Cl)cc2)NC(=S)N1C. The van der Waals surface area contributed by atoms with Crippen LogP contribution in [-0.2, 0) is 4.79 Å². The molecule has 0 spiro atoms. The monoisotopic (exact) mass is 335 g/mol. The van der Waals surface area contributed by atoms with Crippen LogP contribution >= 0.6 is 23.8 Å². The van der Waals surface area contributed by atoms with Crippen LogP contribution in [0, 0.1) is 0 Å². The van der Waals surface area contributed by atoms with E-state index in [2.05, 4.69) is 10.6 Å². The molecular formula is C16H18ClN3OS. The Morgan fingerprint density at radius 3 is 2.59 bits per heavy atom. The van der Waals surface area contributed by atoms with Crippen LogP contribution < -0.4 is 10.6 Å². The number of hydrogen-bond donors (Lipinski definition) is 2. The summed E-state index contributed by atoms with van der Waals surface area (Å²) < 4.78 is 0. The largest absolute Gasteiger partial charge is 0.351 e. The van der Waals surface area contributed by atoms with E-state index >= 15 is 0 Å². The van der Waals surface area contributed by atoms with E-state index < -0.39 is 0 Å². The third-order valence-corrected chi connectivity index (χ3v) is 4.76. The number of carbonyl (C=O) groups excluding carboxylic acids is 1. The molecule has 2 aliphatic rings. The van der Waals surface area contributed by atoms with Gasteiger partial charge in [-0.15, -0.1) is 0 Å². The highest BCUT2D eigenvalue weighted by molar-refractivity contribution is 7.80. The molecule has 6 heteroatoms. The van der Waals surface area contributed by atoms with E-state index in [0.29, 0.717) is 21.8 Å². The second-order valence-corrected chi connectivity index (χ2v) is 6.56. The number of allylic oxidation sites excluding steroid dienone is 1. The lowest BCUT2D eigenvalue weighted by atomic mass is 9.94. The van der Waals surface area contributed by atoms with Crippen LogP contribution in [0.25, 0.3) is 0 Å². The van der Waals surface area contributed by atoms with E-state index in [0.717, 1.165) is 24.1 Å². The van der Waals surface area contributed by atoms with Gasteiger partial charge in [0.1, 0.15) is 0 Å². The summed E-state index contributed by atoms with van der Waals surface area (Å²) in [4.78, 5) is 14.5. The average molecular weight is 336 g/mol. The normalized spacial score (nSPS) is 21.7. The number of nitrogens with one attached hydrogen (secondary N) is 2. The van der Waals surface area contributed by atoms with E-state index in [1.807, 2.05) is 43.1 Å². The van der Waals surface area contributed by atoms with Gasteiger partial charge in [0.25, 0.3) is 5.91 Å². The molecule has 1 aliphatic heterocycles. The van der Waals surface area contributed by atoms with Gasteiger partial charge in [-0.1, -0.05) is 23.7 Å². The van der Waals surface area contributed by atoms with E-state index in [4.69, 9.17) is 23.8 Å². The third-order valence-electron chi connectivity index (χ3n) is 4.11. The number of carbonyl (C=O) groups is 1. The zero-order chi connectivity index (χ0) is 15.9. The summed E-state index contributed by atoms with van der Waals surface area (Å²) in [6.07, 6.45) is 2.12. The highest BCUT2D eigenvalue weighted by atomic mass is 35.5. The number of halogens is 1. The van der Waals surface area contributed by atoms with Crippen LogP contribution in [0.1, 0.15) is 31.4 Å². The quantitative estimate of drug-likeness (QED) is 0.834. The van der Waals surface area contributed by atoms with Crippen molar-refractivity contribution in [1.82, 2.24) is 15.5 Å². The molecule has 2 N–H and O–H groups in total. The first-order chi connectivity index (χ1) is 10.5. The van der Waals surface area contributed by atoms with Crippen molar-refractivity contribution >= 4 is 34.8 Å². The van der Waals surface area contributed by atoms with Crippen molar-refractivity contribution in [3.63, 3.8) is 0 Å². The Balaban J connectivity index is 1.99. The van der Waals surface area contributed by atoms with Crippen molar-refractivity contribution in [2.45, 2.75) is 31.8 Å². The Labute approximate surface area is 140 Å². The van der Waals surface area contributed by atoms with Gasteiger partial charge in [0.15, 0.2) is 5.11 Å². The molecule has 0 radical (unpaired) electrons. The summed E-state index contributed by atoms with van der Waals surface area (Å²) in [5.41, 5.74) is 2.56. The van der Waals surface area contributed by atoms with Crippen LogP contribution in [0.3, 0.4) is 0 Å². The minimum Gasteiger partial charge on any atom is -0.351 e. The van der Waals surface area contributed by atoms with Gasteiger partial charge >= 0.3 is 0 Å². The standard InChI is InChI=1S/C16H18ClN3OS/c1-9-13(15(21)18-12-7-8-12)14(19-16(22)20(9)2)10-3-5-11(17)6-4-10/h3-6,12,14H,7-8H2,1-2H3,(H,18,21)(H,19,22)/t14-/m0/s1. The maximum Gasteiger partial charge on any atom is 0.251 e. The smallest absolute Gasteiger partial charge is 0.251 e. The Hall–Kier alpha value is -1.59. The van der Waals surface area contributed by atoms with Crippen molar-refractivity contribution in [3.8, 4) is 0 Å². The molecule has 22 heavy (non-hydrogen) atoms. The van der Waals surface area contributed by atoms with E-state index in [1.165, 1.54) is 0 Å². The molecule has 116 valence electrons. The molecular weight excluding hydrogens is 318 g/mol. The molecule has 4 nitrogen and oxygen atoms in total. The predicted octanol–water partition coefficient (Wildman–Crippen LogP) is 2.75. The Bertz CT molecular complexity index is 652. The molecule has 1 fully saturated rings. The van der Waals surface area contributed by atoms with Crippen molar-refractivity contribution in [2.24, 2.45) is 0 Å². The van der Waals surface area contributed by atoms with Crippen LogP contribution in [-0.4, -0.2) is 29.0 Å². The number of thiocarbonyl (C=S) groups is 1. The molecule has 1 atom stereocenters. The van der Waals surface area contributed by atoms with Crippen LogP contribution in [0.5, 0.6) is 0 Å². The van der Waals surface area contributed by atoms with E-state index in [9.17, 15) is 4.79 Å². The molecule has 0 saturated heterocycles. The molecule has 0 bridgehead atoms. The Morgan fingerprint density at radius 1 is 1.36 bits per heavy atom. The molecule has 1 aromatic carbocycles. The fourth-order valence-electron chi connectivity index (χ4n) is 2.53. The lowest BCUT2D eigenvalue weighted by Gasteiger charge is -2.35. The molecule has 1 aromatic rings. The lowest BCUT2D eigenvalue weighted by molar-refractivity contribution is -0.118. The maximum atomic E-state index is 12.7. The average Bonchev–Trinajstić information content (AvgIpc) is 3.29. The highest BCUT2D eigenvalue weighted by Gasteiger charge is 2.34. The van der Waals surface area contributed by atoms with Crippen molar-refractivity contribution in [2.75, 3.05) is 7.05 Å². The summed E-state index contributed by atoms with van der Waals surface area (Å²) in [5, 5.41) is 7.60. The molecule has 0 unspecified atom stereocenters. The van der Waals surface area contributed by atoms with E-state index in [-0.39, 0.29) is 11.9 Å². The second kappa shape index (κ2) is 5.89. The number of benzene rings is 1. The summed E-state index contributed by atoms with van der Waals surface area (Å²) in [6, 6.07) is 7.56. The molecule has 1 saturated carbocycles. The maximum absolute atomic E-state index is 12.7. The first-order valence-electron chi connectivity index (χ1n) is 7.28. The van der Waals surface area contributed by atoms with Gasteiger partial charge in [-0.05, 0) is 49.7 Å². The van der Waals surface area contributed by atoms with Gasteiger partial charge in [-0.25, -0.2) is 0 Å². The topological polar surface area (TPSA) is 44.4 Å². The molecule has 1 amide bonds. The van der Waals surface area contributed by atoms with Gasteiger partial charge in [0.05, 0.1) is 11.6 Å².